The highest BCUT2D eigenvalue weighted by Gasteiger charge is 2.27. The van der Waals surface area contributed by atoms with Crippen molar-refractivity contribution in [2.75, 3.05) is 24.6 Å². The van der Waals surface area contributed by atoms with E-state index >= 15 is 0 Å². The molecule has 0 saturated carbocycles. The van der Waals surface area contributed by atoms with Crippen LogP contribution in [0.2, 0.25) is 0 Å². The molecule has 1 unspecified atom stereocenters. The van der Waals surface area contributed by atoms with Crippen molar-refractivity contribution in [2.45, 2.75) is 25.8 Å². The number of anilines is 2. The monoisotopic (exact) mass is 324 g/mol. The van der Waals surface area contributed by atoms with Gasteiger partial charge in [0.25, 0.3) is 0 Å². The number of aromatic nitrogens is 5. The molecule has 3 aromatic heterocycles. The summed E-state index contributed by atoms with van der Waals surface area (Å²) < 4.78 is 0. The van der Waals surface area contributed by atoms with Gasteiger partial charge in [-0.05, 0) is 31.5 Å². The summed E-state index contributed by atoms with van der Waals surface area (Å²) >= 11 is 0. The Morgan fingerprint density at radius 2 is 2.17 bits per heavy atom. The minimum Gasteiger partial charge on any atom is -0.382 e. The summed E-state index contributed by atoms with van der Waals surface area (Å²) in [5.74, 6) is 1.72. The fraction of sp³-hybridized carbons (Fsp3) is 0.375. The second kappa shape index (κ2) is 5.72. The van der Waals surface area contributed by atoms with Crippen LogP contribution in [-0.4, -0.2) is 42.9 Å². The zero-order valence-corrected chi connectivity index (χ0v) is 13.5. The smallest absolute Gasteiger partial charge is 0.224 e. The maximum atomic E-state index is 5.89. The topological polar surface area (TPSA) is 123 Å². The summed E-state index contributed by atoms with van der Waals surface area (Å²) in [4.78, 5) is 22.8. The molecular formula is C16H20N8. The molecule has 124 valence electrons. The SMILES string of the molecule is Cc1cccnc1CN1CCC(c2nc3nc(N)nc(N)c3[nH]2)C1. The van der Waals surface area contributed by atoms with Crippen LogP contribution in [-0.2, 0) is 6.54 Å². The van der Waals surface area contributed by atoms with E-state index in [-0.39, 0.29) is 5.95 Å². The number of rotatable bonds is 3. The number of H-pyrrole nitrogens is 1. The van der Waals surface area contributed by atoms with Crippen LogP contribution in [0.1, 0.15) is 29.4 Å². The second-order valence-electron chi connectivity index (χ2n) is 6.28. The van der Waals surface area contributed by atoms with Gasteiger partial charge in [-0.15, -0.1) is 0 Å². The lowest BCUT2D eigenvalue weighted by atomic mass is 10.1. The standard InChI is InChI=1S/C16H20N8/c1-9-3-2-5-19-11(9)8-24-6-4-10(7-24)14-20-12-13(17)21-16(18)23-15(12)22-14/h2-3,5,10H,4,6-8H2,1H3,(H5,17,18,20,21,22,23). The average Bonchev–Trinajstić information content (AvgIpc) is 3.16. The van der Waals surface area contributed by atoms with Gasteiger partial charge in [0, 0.05) is 25.2 Å². The minimum atomic E-state index is 0.150. The van der Waals surface area contributed by atoms with Crippen LogP contribution < -0.4 is 11.5 Å². The van der Waals surface area contributed by atoms with Gasteiger partial charge in [-0.1, -0.05) is 6.07 Å². The number of nitrogens with two attached hydrogens (primary N) is 2. The fourth-order valence-corrected chi connectivity index (χ4v) is 3.24. The third-order valence-electron chi connectivity index (χ3n) is 4.56. The summed E-state index contributed by atoms with van der Waals surface area (Å²) in [5, 5.41) is 0. The van der Waals surface area contributed by atoms with Crippen LogP contribution in [0.4, 0.5) is 11.8 Å². The van der Waals surface area contributed by atoms with E-state index in [2.05, 4.69) is 42.8 Å². The Morgan fingerprint density at radius 1 is 1.29 bits per heavy atom. The van der Waals surface area contributed by atoms with Crippen molar-refractivity contribution in [1.29, 1.82) is 0 Å². The fourth-order valence-electron chi connectivity index (χ4n) is 3.24. The summed E-state index contributed by atoms with van der Waals surface area (Å²) in [6.07, 6.45) is 2.88. The first-order valence-corrected chi connectivity index (χ1v) is 8.01. The molecule has 4 rings (SSSR count). The van der Waals surface area contributed by atoms with Gasteiger partial charge >= 0.3 is 0 Å². The van der Waals surface area contributed by atoms with Crippen molar-refractivity contribution in [3.8, 4) is 0 Å². The van der Waals surface area contributed by atoms with Gasteiger partial charge in [0.2, 0.25) is 5.95 Å². The summed E-state index contributed by atoms with van der Waals surface area (Å²) in [5.41, 5.74) is 15.1. The first-order valence-electron chi connectivity index (χ1n) is 8.01. The molecule has 1 atom stereocenters. The molecule has 3 aromatic rings. The van der Waals surface area contributed by atoms with Crippen molar-refractivity contribution in [3.05, 3.63) is 35.4 Å². The number of likely N-dealkylation sites (tertiary alicyclic amines) is 1. The van der Waals surface area contributed by atoms with Crippen LogP contribution >= 0.6 is 0 Å². The quantitative estimate of drug-likeness (QED) is 0.661. The molecule has 0 aromatic carbocycles. The van der Waals surface area contributed by atoms with E-state index in [4.69, 9.17) is 11.5 Å². The average molecular weight is 324 g/mol. The molecule has 8 heteroatoms. The summed E-state index contributed by atoms with van der Waals surface area (Å²) in [6.45, 7) is 4.90. The Bertz CT molecular complexity index is 887. The number of aryl methyl sites for hydroxylation is 1. The van der Waals surface area contributed by atoms with Gasteiger partial charge in [-0.2, -0.15) is 9.97 Å². The molecule has 0 aliphatic carbocycles. The summed E-state index contributed by atoms with van der Waals surface area (Å²) in [7, 11) is 0. The van der Waals surface area contributed by atoms with Gasteiger partial charge in [-0.25, -0.2) is 4.98 Å². The number of hydrogen-bond acceptors (Lipinski definition) is 7. The molecule has 1 aliphatic rings. The van der Waals surface area contributed by atoms with Crippen molar-refractivity contribution < 1.29 is 0 Å². The van der Waals surface area contributed by atoms with E-state index in [9.17, 15) is 0 Å². The van der Waals surface area contributed by atoms with E-state index in [0.717, 1.165) is 37.6 Å². The lowest BCUT2D eigenvalue weighted by Gasteiger charge is -2.16. The molecule has 5 N–H and O–H groups in total. The van der Waals surface area contributed by atoms with Crippen LogP contribution in [0.25, 0.3) is 11.2 Å². The number of nitrogen functional groups attached to an aromatic ring is 2. The molecule has 1 aliphatic heterocycles. The number of pyridine rings is 1. The highest BCUT2D eigenvalue weighted by molar-refractivity contribution is 5.82. The van der Waals surface area contributed by atoms with Crippen molar-refractivity contribution in [1.82, 2.24) is 29.8 Å². The molecule has 0 spiro atoms. The van der Waals surface area contributed by atoms with Gasteiger partial charge < -0.3 is 16.5 Å². The normalized spacial score (nSPS) is 18.5. The third kappa shape index (κ3) is 2.65. The van der Waals surface area contributed by atoms with Crippen molar-refractivity contribution in [3.63, 3.8) is 0 Å². The predicted molar refractivity (Wildman–Crippen MR) is 92.1 cm³/mol. The molecule has 1 saturated heterocycles. The largest absolute Gasteiger partial charge is 0.382 e. The zero-order valence-electron chi connectivity index (χ0n) is 13.5. The predicted octanol–water partition coefficient (Wildman–Crippen LogP) is 1.21. The van der Waals surface area contributed by atoms with Gasteiger partial charge in [-0.3, -0.25) is 9.88 Å². The second-order valence-corrected chi connectivity index (χ2v) is 6.28. The van der Waals surface area contributed by atoms with Gasteiger partial charge in [0.15, 0.2) is 11.5 Å². The first kappa shape index (κ1) is 14.8. The molecule has 24 heavy (non-hydrogen) atoms. The number of aromatic amines is 1. The van der Waals surface area contributed by atoms with E-state index < -0.39 is 0 Å². The lowest BCUT2D eigenvalue weighted by molar-refractivity contribution is 0.321. The Labute approximate surface area is 139 Å². The van der Waals surface area contributed by atoms with Crippen LogP contribution in [0.15, 0.2) is 18.3 Å². The first-order chi connectivity index (χ1) is 11.6. The Balaban J connectivity index is 1.53. The van der Waals surface area contributed by atoms with Gasteiger partial charge in [0.1, 0.15) is 11.3 Å². The van der Waals surface area contributed by atoms with E-state index in [1.54, 1.807) is 0 Å². The number of nitrogens with one attached hydrogen (secondary N) is 1. The number of hydrogen-bond donors (Lipinski definition) is 3. The number of fused-ring (bicyclic) bond motifs is 1. The van der Waals surface area contributed by atoms with E-state index in [1.807, 2.05) is 12.3 Å². The Kier molecular flexibility index (Phi) is 3.53. The molecule has 0 bridgehead atoms. The van der Waals surface area contributed by atoms with Crippen LogP contribution in [0.3, 0.4) is 0 Å². The van der Waals surface area contributed by atoms with E-state index in [1.165, 1.54) is 5.56 Å². The number of nitrogens with zero attached hydrogens (tertiary/aromatic N) is 5. The van der Waals surface area contributed by atoms with Crippen molar-refractivity contribution >= 4 is 22.9 Å². The highest BCUT2D eigenvalue weighted by atomic mass is 15.2. The summed E-state index contributed by atoms with van der Waals surface area (Å²) in [6, 6.07) is 4.07. The third-order valence-corrected chi connectivity index (χ3v) is 4.56. The van der Waals surface area contributed by atoms with Gasteiger partial charge in [0.05, 0.1) is 5.69 Å². The molecular weight excluding hydrogens is 304 g/mol. The minimum absolute atomic E-state index is 0.150. The Hall–Kier alpha value is -2.74. The van der Waals surface area contributed by atoms with Crippen LogP contribution in [0, 0.1) is 6.92 Å². The molecule has 0 amide bonds. The molecule has 4 heterocycles. The Morgan fingerprint density at radius 3 is 3.00 bits per heavy atom. The molecule has 1 fully saturated rings. The molecule has 8 nitrogen and oxygen atoms in total. The molecule has 0 radical (unpaired) electrons. The number of imidazole rings is 1. The van der Waals surface area contributed by atoms with Crippen LogP contribution in [0.5, 0.6) is 0 Å². The lowest BCUT2D eigenvalue weighted by Crippen LogP contribution is -2.21. The maximum absolute atomic E-state index is 5.89. The van der Waals surface area contributed by atoms with E-state index in [0.29, 0.717) is 22.9 Å². The zero-order chi connectivity index (χ0) is 16.7. The highest BCUT2D eigenvalue weighted by Crippen LogP contribution is 2.28. The van der Waals surface area contributed by atoms with Crippen molar-refractivity contribution in [2.24, 2.45) is 0 Å². The maximum Gasteiger partial charge on any atom is 0.224 e.